The number of carbonyl (C=O) groups is 2. The molecule has 1 aliphatic heterocycles. The van der Waals surface area contributed by atoms with Gasteiger partial charge in [0.25, 0.3) is 5.91 Å². The minimum atomic E-state index is -0.635. The normalized spacial score (nSPS) is 24.3. The van der Waals surface area contributed by atoms with Crippen molar-refractivity contribution in [3.63, 3.8) is 0 Å². The molecule has 6 nitrogen and oxygen atoms in total. The van der Waals surface area contributed by atoms with E-state index in [4.69, 9.17) is 9.47 Å². The van der Waals surface area contributed by atoms with Gasteiger partial charge in [0.2, 0.25) is 0 Å². The SMILES string of the molecule is CC1CCCCC1NC(=O)COc1cc(O)c2c(c1)OC(C)(C)CC2=O. The number of rotatable bonds is 4. The third-order valence-corrected chi connectivity index (χ3v) is 5.13. The third kappa shape index (κ3) is 4.11. The van der Waals surface area contributed by atoms with E-state index >= 15 is 0 Å². The van der Waals surface area contributed by atoms with E-state index in [9.17, 15) is 14.7 Å². The first kappa shape index (κ1) is 18.5. The van der Waals surface area contributed by atoms with E-state index in [0.717, 1.165) is 19.3 Å². The molecule has 1 amide bonds. The van der Waals surface area contributed by atoms with Gasteiger partial charge >= 0.3 is 0 Å². The molecule has 142 valence electrons. The molecule has 0 spiro atoms. The van der Waals surface area contributed by atoms with Crippen LogP contribution in [0.5, 0.6) is 17.2 Å². The largest absolute Gasteiger partial charge is 0.507 e. The summed E-state index contributed by atoms with van der Waals surface area (Å²) in [6, 6.07) is 3.11. The van der Waals surface area contributed by atoms with Crippen molar-refractivity contribution >= 4 is 11.7 Å². The molecule has 0 radical (unpaired) electrons. The summed E-state index contributed by atoms with van der Waals surface area (Å²) in [5.41, 5.74) is -0.457. The summed E-state index contributed by atoms with van der Waals surface area (Å²) in [7, 11) is 0. The minimum Gasteiger partial charge on any atom is -0.507 e. The Bertz CT molecular complexity index is 712. The van der Waals surface area contributed by atoms with E-state index in [-0.39, 0.29) is 42.1 Å². The summed E-state index contributed by atoms with van der Waals surface area (Å²) in [6.45, 7) is 5.65. The van der Waals surface area contributed by atoms with Crippen molar-refractivity contribution in [3.8, 4) is 17.2 Å². The van der Waals surface area contributed by atoms with Gasteiger partial charge in [0.15, 0.2) is 12.4 Å². The van der Waals surface area contributed by atoms with Crippen LogP contribution in [0.1, 0.15) is 63.2 Å². The highest BCUT2D eigenvalue weighted by Crippen LogP contribution is 2.40. The van der Waals surface area contributed by atoms with Crippen molar-refractivity contribution in [2.75, 3.05) is 6.61 Å². The third-order valence-electron chi connectivity index (χ3n) is 5.13. The predicted molar refractivity (Wildman–Crippen MR) is 96.8 cm³/mol. The van der Waals surface area contributed by atoms with Gasteiger partial charge in [0.1, 0.15) is 28.4 Å². The number of aromatic hydroxyl groups is 1. The molecule has 2 aliphatic rings. The zero-order valence-corrected chi connectivity index (χ0v) is 15.6. The number of phenolic OH excluding ortho intramolecular Hbond substituents is 1. The molecule has 6 heteroatoms. The summed E-state index contributed by atoms with van der Waals surface area (Å²) in [5, 5.41) is 13.2. The van der Waals surface area contributed by atoms with Crippen molar-refractivity contribution in [2.45, 2.75) is 64.5 Å². The van der Waals surface area contributed by atoms with E-state index in [0.29, 0.717) is 17.4 Å². The lowest BCUT2D eigenvalue weighted by molar-refractivity contribution is -0.124. The van der Waals surface area contributed by atoms with Gasteiger partial charge in [-0.2, -0.15) is 0 Å². The summed E-state index contributed by atoms with van der Waals surface area (Å²) < 4.78 is 11.3. The topological polar surface area (TPSA) is 84.9 Å². The fourth-order valence-electron chi connectivity index (χ4n) is 3.76. The minimum absolute atomic E-state index is 0.140. The summed E-state index contributed by atoms with van der Waals surface area (Å²) in [4.78, 5) is 24.4. The fourth-order valence-corrected chi connectivity index (χ4v) is 3.76. The number of Topliss-reactive ketones (excluding diaryl/α,β-unsaturated/α-hetero) is 1. The van der Waals surface area contributed by atoms with E-state index in [1.165, 1.54) is 12.5 Å². The predicted octanol–water partition coefficient (Wildman–Crippen LogP) is 3.21. The highest BCUT2D eigenvalue weighted by atomic mass is 16.5. The molecular weight excluding hydrogens is 334 g/mol. The lowest BCUT2D eigenvalue weighted by Crippen LogP contribution is -2.43. The second-order valence-electron chi connectivity index (χ2n) is 8.00. The molecule has 1 aromatic rings. The lowest BCUT2D eigenvalue weighted by Gasteiger charge is -2.32. The molecule has 3 rings (SSSR count). The molecule has 1 saturated carbocycles. The Morgan fingerprint density at radius 1 is 1.35 bits per heavy atom. The fraction of sp³-hybridized carbons (Fsp3) is 0.600. The molecule has 1 aliphatic carbocycles. The maximum absolute atomic E-state index is 12.2. The standard InChI is InChI=1S/C20H27NO5/c1-12-6-4-5-7-14(12)21-18(24)11-25-13-8-15(22)19-16(23)10-20(2,3)26-17(19)9-13/h8-9,12,14,22H,4-7,10-11H2,1-3H3,(H,21,24). The van der Waals surface area contributed by atoms with Gasteiger partial charge in [0, 0.05) is 18.2 Å². The number of nitrogens with one attached hydrogen (secondary N) is 1. The van der Waals surface area contributed by atoms with Crippen molar-refractivity contribution in [1.82, 2.24) is 5.32 Å². The lowest BCUT2D eigenvalue weighted by atomic mass is 9.86. The first-order valence-corrected chi connectivity index (χ1v) is 9.26. The number of hydrogen-bond donors (Lipinski definition) is 2. The van der Waals surface area contributed by atoms with Crippen LogP contribution in [-0.2, 0) is 4.79 Å². The summed E-state index contributed by atoms with van der Waals surface area (Å²) >= 11 is 0. The second kappa shape index (κ2) is 7.17. The van der Waals surface area contributed by atoms with Gasteiger partial charge in [-0.3, -0.25) is 9.59 Å². The Balaban J connectivity index is 1.64. The molecule has 0 saturated heterocycles. The molecule has 2 unspecified atom stereocenters. The summed E-state index contributed by atoms with van der Waals surface area (Å²) in [5.74, 6) is 0.546. The van der Waals surface area contributed by atoms with Gasteiger partial charge < -0.3 is 19.9 Å². The molecular formula is C20H27NO5. The average Bonchev–Trinajstić information content (AvgIpc) is 2.53. The first-order chi connectivity index (χ1) is 12.2. The molecule has 1 heterocycles. The van der Waals surface area contributed by atoms with Gasteiger partial charge in [-0.25, -0.2) is 0 Å². The Kier molecular flexibility index (Phi) is 5.12. The number of hydrogen-bond acceptors (Lipinski definition) is 5. The number of fused-ring (bicyclic) bond motifs is 1. The zero-order chi connectivity index (χ0) is 18.9. The molecule has 2 N–H and O–H groups in total. The number of benzene rings is 1. The summed E-state index contributed by atoms with van der Waals surface area (Å²) in [6.07, 6.45) is 4.68. The number of amides is 1. The van der Waals surface area contributed by atoms with Crippen LogP contribution in [-0.4, -0.2) is 35.0 Å². The van der Waals surface area contributed by atoms with Gasteiger partial charge in [-0.05, 0) is 32.6 Å². The van der Waals surface area contributed by atoms with Gasteiger partial charge in [-0.1, -0.05) is 19.8 Å². The Hall–Kier alpha value is -2.24. The quantitative estimate of drug-likeness (QED) is 0.860. The smallest absolute Gasteiger partial charge is 0.258 e. The number of ether oxygens (including phenoxy) is 2. The van der Waals surface area contributed by atoms with Crippen molar-refractivity contribution in [1.29, 1.82) is 0 Å². The van der Waals surface area contributed by atoms with E-state index < -0.39 is 5.60 Å². The highest BCUT2D eigenvalue weighted by molar-refractivity contribution is 6.03. The van der Waals surface area contributed by atoms with Crippen LogP contribution in [0.3, 0.4) is 0 Å². The molecule has 1 aromatic carbocycles. The molecule has 26 heavy (non-hydrogen) atoms. The van der Waals surface area contributed by atoms with Crippen molar-refractivity contribution in [3.05, 3.63) is 17.7 Å². The van der Waals surface area contributed by atoms with Crippen LogP contribution in [0.15, 0.2) is 12.1 Å². The van der Waals surface area contributed by atoms with E-state index in [1.807, 2.05) is 13.8 Å². The van der Waals surface area contributed by atoms with Crippen LogP contribution in [0, 0.1) is 5.92 Å². The molecule has 0 aromatic heterocycles. The number of ketones is 1. The Morgan fingerprint density at radius 3 is 2.81 bits per heavy atom. The zero-order valence-electron chi connectivity index (χ0n) is 15.6. The van der Waals surface area contributed by atoms with Crippen LogP contribution in [0.4, 0.5) is 0 Å². The Morgan fingerprint density at radius 2 is 2.08 bits per heavy atom. The van der Waals surface area contributed by atoms with Crippen LogP contribution < -0.4 is 14.8 Å². The number of carbonyl (C=O) groups excluding carboxylic acids is 2. The van der Waals surface area contributed by atoms with Crippen molar-refractivity contribution in [2.24, 2.45) is 5.92 Å². The van der Waals surface area contributed by atoms with E-state index in [1.54, 1.807) is 6.07 Å². The van der Waals surface area contributed by atoms with Crippen molar-refractivity contribution < 1.29 is 24.2 Å². The molecule has 2 atom stereocenters. The molecule has 1 fully saturated rings. The van der Waals surface area contributed by atoms with Gasteiger partial charge in [-0.15, -0.1) is 0 Å². The Labute approximate surface area is 153 Å². The van der Waals surface area contributed by atoms with Crippen LogP contribution >= 0.6 is 0 Å². The average molecular weight is 361 g/mol. The maximum atomic E-state index is 12.2. The van der Waals surface area contributed by atoms with Crippen LogP contribution in [0.25, 0.3) is 0 Å². The second-order valence-corrected chi connectivity index (χ2v) is 8.00. The number of phenols is 1. The monoisotopic (exact) mass is 361 g/mol. The van der Waals surface area contributed by atoms with Gasteiger partial charge in [0.05, 0.1) is 6.42 Å². The highest BCUT2D eigenvalue weighted by Gasteiger charge is 2.35. The molecule has 0 bridgehead atoms. The van der Waals surface area contributed by atoms with Crippen LogP contribution in [0.2, 0.25) is 0 Å². The maximum Gasteiger partial charge on any atom is 0.258 e. The first-order valence-electron chi connectivity index (χ1n) is 9.26. The van der Waals surface area contributed by atoms with E-state index in [2.05, 4.69) is 12.2 Å².